The predicted molar refractivity (Wildman–Crippen MR) is 69.5 cm³/mol. The molecule has 2 aromatic rings. The molecule has 0 saturated carbocycles. The molecule has 0 fully saturated rings. The summed E-state index contributed by atoms with van der Waals surface area (Å²) in [5.41, 5.74) is 0.536. The average molecular weight is 260 g/mol. The van der Waals surface area contributed by atoms with Gasteiger partial charge in [-0.1, -0.05) is 6.07 Å². The van der Waals surface area contributed by atoms with Crippen molar-refractivity contribution in [2.75, 3.05) is 6.61 Å². The van der Waals surface area contributed by atoms with E-state index >= 15 is 0 Å². The Kier molecular flexibility index (Phi) is 3.70. The molecule has 98 valence electrons. The highest BCUT2D eigenvalue weighted by molar-refractivity contribution is 5.91. The van der Waals surface area contributed by atoms with E-state index in [2.05, 4.69) is 10.2 Å². The Morgan fingerprint density at radius 3 is 2.95 bits per heavy atom. The van der Waals surface area contributed by atoms with Crippen LogP contribution in [0.4, 0.5) is 5.69 Å². The van der Waals surface area contributed by atoms with Gasteiger partial charge in [-0.25, -0.2) is 0 Å². The molecule has 6 nitrogen and oxygen atoms in total. The van der Waals surface area contributed by atoms with E-state index in [1.54, 1.807) is 30.5 Å². The van der Waals surface area contributed by atoms with Gasteiger partial charge >= 0.3 is 5.97 Å². The van der Waals surface area contributed by atoms with Gasteiger partial charge in [0.1, 0.15) is 12.1 Å². The van der Waals surface area contributed by atoms with Crippen molar-refractivity contribution in [3.05, 3.63) is 35.4 Å². The molecule has 1 N–H and O–H groups in total. The summed E-state index contributed by atoms with van der Waals surface area (Å²) in [5.74, 6) is -1.38. The van der Waals surface area contributed by atoms with Crippen LogP contribution in [0.15, 0.2) is 35.6 Å². The number of benzene rings is 1. The fourth-order valence-corrected chi connectivity index (χ4v) is 1.60. The van der Waals surface area contributed by atoms with Gasteiger partial charge < -0.3 is 9.84 Å². The zero-order chi connectivity index (χ0) is 13.8. The standard InChI is InChI=1S/C13H12N2O4/c1-8(13(16)17)7-19-10-5-4-9-3-2-6-14-11(9)12(10)15-18/h2-6,8H,7H2,1H3,(H,16,17)/t8-/m0/s1. The van der Waals surface area contributed by atoms with Gasteiger partial charge in [0.15, 0.2) is 11.4 Å². The largest absolute Gasteiger partial charge is 0.490 e. The zero-order valence-corrected chi connectivity index (χ0v) is 10.2. The number of aliphatic carboxylic acids is 1. The molecule has 0 unspecified atom stereocenters. The van der Waals surface area contributed by atoms with Crippen LogP contribution in [0.25, 0.3) is 10.9 Å². The topological polar surface area (TPSA) is 88.9 Å². The number of nitrogens with zero attached hydrogens (tertiary/aromatic N) is 2. The number of carbonyl (C=O) groups is 1. The van der Waals surface area contributed by atoms with E-state index in [0.29, 0.717) is 5.52 Å². The van der Waals surface area contributed by atoms with Crippen molar-refractivity contribution in [2.24, 2.45) is 11.1 Å². The third-order valence-electron chi connectivity index (χ3n) is 2.71. The number of aromatic nitrogens is 1. The zero-order valence-electron chi connectivity index (χ0n) is 10.2. The highest BCUT2D eigenvalue weighted by Gasteiger charge is 2.15. The first-order valence-corrected chi connectivity index (χ1v) is 5.70. The van der Waals surface area contributed by atoms with Crippen LogP contribution in [0.5, 0.6) is 5.75 Å². The van der Waals surface area contributed by atoms with Gasteiger partial charge in [0, 0.05) is 11.6 Å². The number of carboxylic acids is 1. The Morgan fingerprint density at radius 1 is 1.47 bits per heavy atom. The Labute approximate surface area is 109 Å². The maximum atomic E-state index is 10.9. The summed E-state index contributed by atoms with van der Waals surface area (Å²) in [6.45, 7) is 1.49. The second-order valence-corrected chi connectivity index (χ2v) is 4.13. The molecule has 6 heteroatoms. The highest BCUT2D eigenvalue weighted by atomic mass is 16.5. The molecule has 1 aromatic carbocycles. The molecule has 0 radical (unpaired) electrons. The van der Waals surface area contributed by atoms with Crippen molar-refractivity contribution in [1.82, 2.24) is 4.98 Å². The summed E-state index contributed by atoms with van der Waals surface area (Å²) in [6.07, 6.45) is 1.56. The number of ether oxygens (including phenoxy) is 1. The summed E-state index contributed by atoms with van der Waals surface area (Å²) in [5, 5.41) is 12.5. The van der Waals surface area contributed by atoms with Crippen LogP contribution in [0.1, 0.15) is 6.92 Å². The highest BCUT2D eigenvalue weighted by Crippen LogP contribution is 2.34. The quantitative estimate of drug-likeness (QED) is 0.835. The number of hydrogen-bond donors (Lipinski definition) is 1. The molecule has 0 spiro atoms. The van der Waals surface area contributed by atoms with E-state index in [4.69, 9.17) is 9.84 Å². The summed E-state index contributed by atoms with van der Waals surface area (Å²) in [4.78, 5) is 25.7. The van der Waals surface area contributed by atoms with Crippen molar-refractivity contribution in [3.63, 3.8) is 0 Å². The first-order valence-electron chi connectivity index (χ1n) is 5.70. The van der Waals surface area contributed by atoms with Crippen LogP contribution >= 0.6 is 0 Å². The molecule has 2 rings (SSSR count). The van der Waals surface area contributed by atoms with Gasteiger partial charge in [0.2, 0.25) is 0 Å². The van der Waals surface area contributed by atoms with E-state index < -0.39 is 11.9 Å². The summed E-state index contributed by atoms with van der Waals surface area (Å²) < 4.78 is 5.34. The third-order valence-corrected chi connectivity index (χ3v) is 2.71. The van der Waals surface area contributed by atoms with E-state index in [1.807, 2.05) is 0 Å². The SMILES string of the molecule is C[C@@H](COc1ccc2cccnc2c1N=O)C(=O)O. The summed E-state index contributed by atoms with van der Waals surface area (Å²) in [7, 11) is 0. The van der Waals surface area contributed by atoms with Crippen molar-refractivity contribution < 1.29 is 14.6 Å². The molecule has 19 heavy (non-hydrogen) atoms. The van der Waals surface area contributed by atoms with Gasteiger partial charge in [0.25, 0.3) is 0 Å². The lowest BCUT2D eigenvalue weighted by Crippen LogP contribution is -2.17. The maximum absolute atomic E-state index is 10.9. The van der Waals surface area contributed by atoms with Crippen molar-refractivity contribution in [1.29, 1.82) is 0 Å². The van der Waals surface area contributed by atoms with Crippen molar-refractivity contribution in [3.8, 4) is 5.75 Å². The number of fused-ring (bicyclic) bond motifs is 1. The maximum Gasteiger partial charge on any atom is 0.309 e. The average Bonchev–Trinajstić information content (AvgIpc) is 2.43. The van der Waals surface area contributed by atoms with E-state index in [0.717, 1.165) is 5.39 Å². The first-order chi connectivity index (χ1) is 9.13. The number of nitroso groups, excluding NO2 is 1. The fourth-order valence-electron chi connectivity index (χ4n) is 1.60. The van der Waals surface area contributed by atoms with E-state index in [9.17, 15) is 9.70 Å². The second-order valence-electron chi connectivity index (χ2n) is 4.13. The lowest BCUT2D eigenvalue weighted by atomic mass is 10.1. The smallest absolute Gasteiger partial charge is 0.309 e. The molecular weight excluding hydrogens is 248 g/mol. The molecule has 1 atom stereocenters. The van der Waals surface area contributed by atoms with Crippen LogP contribution in [0.2, 0.25) is 0 Å². The predicted octanol–water partition coefficient (Wildman–Crippen LogP) is 2.73. The van der Waals surface area contributed by atoms with E-state index in [1.165, 1.54) is 6.92 Å². The van der Waals surface area contributed by atoms with Crippen LogP contribution < -0.4 is 4.74 Å². The fraction of sp³-hybridized carbons (Fsp3) is 0.231. The van der Waals surface area contributed by atoms with Crippen LogP contribution in [-0.2, 0) is 4.79 Å². The number of pyridine rings is 1. The second kappa shape index (κ2) is 5.43. The lowest BCUT2D eigenvalue weighted by Gasteiger charge is -2.11. The van der Waals surface area contributed by atoms with Crippen molar-refractivity contribution in [2.45, 2.75) is 6.92 Å². The van der Waals surface area contributed by atoms with Crippen LogP contribution in [-0.4, -0.2) is 22.7 Å². The van der Waals surface area contributed by atoms with Crippen molar-refractivity contribution >= 4 is 22.6 Å². The number of carboxylic acid groups (broad SMARTS) is 1. The van der Waals surface area contributed by atoms with Gasteiger partial charge in [-0.3, -0.25) is 9.78 Å². The Morgan fingerprint density at radius 2 is 2.26 bits per heavy atom. The first kappa shape index (κ1) is 12.9. The molecule has 1 aromatic heterocycles. The van der Waals surface area contributed by atoms with Gasteiger partial charge in [-0.05, 0) is 30.3 Å². The van der Waals surface area contributed by atoms with E-state index in [-0.39, 0.29) is 18.0 Å². The Balaban J connectivity index is 2.33. The summed E-state index contributed by atoms with van der Waals surface area (Å²) in [6, 6.07) is 6.90. The molecular formula is C13H12N2O4. The molecule has 0 aliphatic heterocycles. The molecule has 0 aliphatic carbocycles. The minimum absolute atomic E-state index is 0.0316. The minimum atomic E-state index is -0.959. The summed E-state index contributed by atoms with van der Waals surface area (Å²) >= 11 is 0. The van der Waals surface area contributed by atoms with Crippen LogP contribution in [0.3, 0.4) is 0 Å². The lowest BCUT2D eigenvalue weighted by molar-refractivity contribution is -0.142. The minimum Gasteiger partial charge on any atom is -0.490 e. The Hall–Kier alpha value is -2.50. The third kappa shape index (κ3) is 2.67. The molecule has 0 amide bonds. The number of hydrogen-bond acceptors (Lipinski definition) is 5. The molecule has 1 heterocycles. The monoisotopic (exact) mass is 260 g/mol. The molecule has 0 saturated heterocycles. The van der Waals surface area contributed by atoms with Crippen LogP contribution in [0, 0.1) is 10.8 Å². The normalized spacial score (nSPS) is 12.1. The van der Waals surface area contributed by atoms with Gasteiger partial charge in [0.05, 0.1) is 5.92 Å². The molecule has 0 bridgehead atoms. The Bertz CT molecular complexity index is 627. The van der Waals surface area contributed by atoms with Gasteiger partial charge in [-0.15, -0.1) is 4.91 Å². The van der Waals surface area contributed by atoms with Gasteiger partial charge in [-0.2, -0.15) is 0 Å². The molecule has 0 aliphatic rings. The number of rotatable bonds is 5.